The molecule has 9 nitrogen and oxygen atoms in total. The van der Waals surface area contributed by atoms with Crippen molar-refractivity contribution in [3.63, 3.8) is 0 Å². The SMILES string of the molecule is NCCOCCOCCNc1nc(NCc2ccccc2)nc(NCc2ccc(F)cc2)n1. The molecule has 0 amide bonds. The molecule has 0 bridgehead atoms. The van der Waals surface area contributed by atoms with E-state index in [2.05, 4.69) is 30.9 Å². The van der Waals surface area contributed by atoms with Crippen molar-refractivity contribution in [1.82, 2.24) is 15.0 Å². The summed E-state index contributed by atoms with van der Waals surface area (Å²) < 4.78 is 23.9. The Balaban J connectivity index is 1.56. The Hall–Kier alpha value is -3.34. The highest BCUT2D eigenvalue weighted by molar-refractivity contribution is 5.43. The summed E-state index contributed by atoms with van der Waals surface area (Å²) in [5.74, 6) is 0.994. The summed E-state index contributed by atoms with van der Waals surface area (Å²) in [6.45, 7) is 4.06. The van der Waals surface area contributed by atoms with E-state index in [1.54, 1.807) is 12.1 Å². The molecule has 0 spiro atoms. The fraction of sp³-hybridized carbons (Fsp3) is 0.348. The standard InChI is InChI=1S/C23H30FN7O2/c24-20-8-6-19(7-9-20)17-28-23-30-21(26-11-13-33-15-14-32-12-10-25)29-22(31-23)27-16-18-4-2-1-3-5-18/h1-9H,10-17,25H2,(H3,26,27,28,29,30,31). The minimum absolute atomic E-state index is 0.272. The fourth-order valence-electron chi connectivity index (χ4n) is 2.81. The van der Waals surface area contributed by atoms with Crippen LogP contribution in [0, 0.1) is 5.82 Å². The molecule has 10 heteroatoms. The van der Waals surface area contributed by atoms with Crippen LogP contribution in [0.15, 0.2) is 54.6 Å². The molecule has 0 aliphatic heterocycles. The van der Waals surface area contributed by atoms with Crippen LogP contribution in [0.3, 0.4) is 0 Å². The Morgan fingerprint density at radius 2 is 1.21 bits per heavy atom. The molecule has 1 heterocycles. The zero-order valence-electron chi connectivity index (χ0n) is 18.5. The van der Waals surface area contributed by atoms with Crippen LogP contribution >= 0.6 is 0 Å². The first kappa shape index (κ1) is 24.3. The van der Waals surface area contributed by atoms with Crippen molar-refractivity contribution in [1.29, 1.82) is 0 Å². The van der Waals surface area contributed by atoms with Gasteiger partial charge in [-0.1, -0.05) is 42.5 Å². The normalized spacial score (nSPS) is 10.7. The maximum Gasteiger partial charge on any atom is 0.229 e. The van der Waals surface area contributed by atoms with Crippen molar-refractivity contribution in [2.24, 2.45) is 5.73 Å². The molecule has 3 aromatic rings. The average molecular weight is 456 g/mol. The highest BCUT2D eigenvalue weighted by Gasteiger charge is 2.07. The topological polar surface area (TPSA) is 119 Å². The van der Waals surface area contributed by atoms with Crippen molar-refractivity contribution in [2.45, 2.75) is 13.1 Å². The van der Waals surface area contributed by atoms with E-state index in [1.165, 1.54) is 12.1 Å². The number of nitrogens with zero attached hydrogens (tertiary/aromatic N) is 3. The van der Waals surface area contributed by atoms with Crippen molar-refractivity contribution >= 4 is 17.8 Å². The lowest BCUT2D eigenvalue weighted by Gasteiger charge is -2.12. The molecule has 1 aromatic heterocycles. The van der Waals surface area contributed by atoms with Crippen LogP contribution in [-0.4, -0.2) is 54.5 Å². The van der Waals surface area contributed by atoms with Crippen molar-refractivity contribution < 1.29 is 13.9 Å². The minimum Gasteiger partial charge on any atom is -0.378 e. The van der Waals surface area contributed by atoms with Crippen LogP contribution in [0.5, 0.6) is 0 Å². The molecule has 0 saturated carbocycles. The van der Waals surface area contributed by atoms with Crippen LogP contribution in [0.1, 0.15) is 11.1 Å². The molecular formula is C23H30FN7O2. The molecule has 5 N–H and O–H groups in total. The molecule has 0 fully saturated rings. The van der Waals surface area contributed by atoms with Gasteiger partial charge in [-0.3, -0.25) is 0 Å². The van der Waals surface area contributed by atoms with E-state index in [4.69, 9.17) is 15.2 Å². The first-order valence-corrected chi connectivity index (χ1v) is 10.8. The number of benzene rings is 2. The summed E-state index contributed by atoms with van der Waals surface area (Å²) in [6, 6.07) is 16.3. The van der Waals surface area contributed by atoms with E-state index in [-0.39, 0.29) is 5.82 Å². The number of halogens is 1. The summed E-state index contributed by atoms with van der Waals surface area (Å²) in [5, 5.41) is 9.55. The van der Waals surface area contributed by atoms with Gasteiger partial charge in [-0.25, -0.2) is 4.39 Å². The largest absolute Gasteiger partial charge is 0.378 e. The maximum atomic E-state index is 13.1. The number of nitrogens with two attached hydrogens (primary N) is 1. The number of hydrogen-bond donors (Lipinski definition) is 4. The van der Waals surface area contributed by atoms with E-state index in [1.807, 2.05) is 30.3 Å². The highest BCUT2D eigenvalue weighted by atomic mass is 19.1. The Bertz CT molecular complexity index is 945. The lowest BCUT2D eigenvalue weighted by Crippen LogP contribution is -2.17. The van der Waals surface area contributed by atoms with Gasteiger partial charge in [0.15, 0.2) is 0 Å². The maximum absolute atomic E-state index is 13.1. The summed E-state index contributed by atoms with van der Waals surface area (Å²) in [7, 11) is 0. The van der Waals surface area contributed by atoms with Gasteiger partial charge in [0, 0.05) is 26.2 Å². The van der Waals surface area contributed by atoms with Crippen LogP contribution in [0.2, 0.25) is 0 Å². The van der Waals surface area contributed by atoms with Gasteiger partial charge < -0.3 is 31.2 Å². The predicted molar refractivity (Wildman–Crippen MR) is 127 cm³/mol. The molecule has 176 valence electrons. The second-order valence-corrected chi connectivity index (χ2v) is 7.07. The van der Waals surface area contributed by atoms with E-state index >= 15 is 0 Å². The van der Waals surface area contributed by atoms with Gasteiger partial charge >= 0.3 is 0 Å². The highest BCUT2D eigenvalue weighted by Crippen LogP contribution is 2.12. The predicted octanol–water partition coefficient (Wildman–Crippen LogP) is 2.64. The van der Waals surface area contributed by atoms with E-state index in [0.717, 1.165) is 11.1 Å². The molecule has 33 heavy (non-hydrogen) atoms. The third kappa shape index (κ3) is 9.36. The molecular weight excluding hydrogens is 425 g/mol. The zero-order chi connectivity index (χ0) is 23.1. The number of anilines is 3. The van der Waals surface area contributed by atoms with Crippen molar-refractivity contribution in [2.75, 3.05) is 55.5 Å². The lowest BCUT2D eigenvalue weighted by molar-refractivity contribution is 0.0547. The number of rotatable bonds is 15. The smallest absolute Gasteiger partial charge is 0.229 e. The van der Waals surface area contributed by atoms with E-state index < -0.39 is 0 Å². The number of aromatic nitrogens is 3. The van der Waals surface area contributed by atoms with Crippen molar-refractivity contribution in [3.8, 4) is 0 Å². The van der Waals surface area contributed by atoms with Crippen molar-refractivity contribution in [3.05, 3.63) is 71.5 Å². The summed E-state index contributed by atoms with van der Waals surface area (Å²) in [5.41, 5.74) is 7.40. The number of hydrogen-bond acceptors (Lipinski definition) is 9. The molecule has 0 saturated heterocycles. The van der Waals surface area contributed by atoms with Crippen LogP contribution in [0.25, 0.3) is 0 Å². The monoisotopic (exact) mass is 455 g/mol. The van der Waals surface area contributed by atoms with Gasteiger partial charge in [0.1, 0.15) is 5.82 Å². The fourth-order valence-corrected chi connectivity index (χ4v) is 2.81. The third-order valence-electron chi connectivity index (χ3n) is 4.46. The molecule has 0 aliphatic carbocycles. The van der Waals surface area contributed by atoms with Gasteiger partial charge in [0.05, 0.1) is 26.4 Å². The zero-order valence-corrected chi connectivity index (χ0v) is 18.5. The quantitative estimate of drug-likeness (QED) is 0.256. The Labute approximate surface area is 193 Å². The average Bonchev–Trinajstić information content (AvgIpc) is 2.85. The van der Waals surface area contributed by atoms with E-state index in [9.17, 15) is 4.39 Å². The molecule has 3 rings (SSSR count). The molecule has 0 aliphatic rings. The lowest BCUT2D eigenvalue weighted by atomic mass is 10.2. The summed E-state index contributed by atoms with van der Waals surface area (Å²) >= 11 is 0. The van der Waals surface area contributed by atoms with Crippen LogP contribution < -0.4 is 21.7 Å². The summed E-state index contributed by atoms with van der Waals surface area (Å²) in [4.78, 5) is 13.3. The Morgan fingerprint density at radius 3 is 1.82 bits per heavy atom. The van der Waals surface area contributed by atoms with Gasteiger partial charge in [-0.15, -0.1) is 0 Å². The van der Waals surface area contributed by atoms with Gasteiger partial charge in [-0.2, -0.15) is 15.0 Å². The van der Waals surface area contributed by atoms with Gasteiger partial charge in [0.2, 0.25) is 17.8 Å². The molecule has 0 radical (unpaired) electrons. The summed E-state index contributed by atoms with van der Waals surface area (Å²) in [6.07, 6.45) is 0. The van der Waals surface area contributed by atoms with Crippen LogP contribution in [0.4, 0.5) is 22.2 Å². The van der Waals surface area contributed by atoms with Crippen LogP contribution in [-0.2, 0) is 22.6 Å². The first-order valence-electron chi connectivity index (χ1n) is 10.8. The Morgan fingerprint density at radius 1 is 0.667 bits per heavy atom. The number of nitrogens with one attached hydrogen (secondary N) is 3. The minimum atomic E-state index is -0.272. The molecule has 0 atom stereocenters. The third-order valence-corrected chi connectivity index (χ3v) is 4.46. The van der Waals surface area contributed by atoms with Gasteiger partial charge in [0.25, 0.3) is 0 Å². The molecule has 0 unspecified atom stereocenters. The number of ether oxygens (including phenoxy) is 2. The molecule has 2 aromatic carbocycles. The van der Waals surface area contributed by atoms with Gasteiger partial charge in [-0.05, 0) is 23.3 Å². The Kier molecular flexibility index (Phi) is 10.3. The second-order valence-electron chi connectivity index (χ2n) is 7.07. The van der Waals surface area contributed by atoms with E-state index in [0.29, 0.717) is 70.5 Å². The second kappa shape index (κ2) is 13.9. The first-order chi connectivity index (χ1) is 16.2.